The second-order valence-electron chi connectivity index (χ2n) is 5.61. The first-order valence-electron chi connectivity index (χ1n) is 6.67. The Morgan fingerprint density at radius 1 is 1.30 bits per heavy atom. The summed E-state index contributed by atoms with van der Waals surface area (Å²) >= 11 is 1.24. The first-order chi connectivity index (χ1) is 9.45. The molecule has 0 amide bonds. The van der Waals surface area contributed by atoms with Crippen molar-refractivity contribution in [3.8, 4) is 5.75 Å². The molecule has 0 saturated heterocycles. The molecule has 108 valence electrons. The highest BCUT2D eigenvalue weighted by atomic mass is 32.1. The highest BCUT2D eigenvalue weighted by molar-refractivity contribution is 7.05. The van der Waals surface area contributed by atoms with E-state index >= 15 is 0 Å². The third-order valence-corrected chi connectivity index (χ3v) is 3.76. The normalized spacial score (nSPS) is 13.2. The number of para-hydroxylation sites is 1. The van der Waals surface area contributed by atoms with Crippen molar-refractivity contribution in [1.29, 1.82) is 0 Å². The molecule has 0 aliphatic rings. The number of hydrogen-bond acceptors (Lipinski definition) is 5. The van der Waals surface area contributed by atoms with Crippen LogP contribution in [0.4, 0.5) is 0 Å². The molecule has 0 saturated carbocycles. The molecule has 0 fully saturated rings. The maximum atomic E-state index is 10.7. The summed E-state index contributed by atoms with van der Waals surface area (Å²) in [5.74, 6) is 0.704. The maximum absolute atomic E-state index is 10.7. The molecule has 1 heterocycles. The fourth-order valence-electron chi connectivity index (χ4n) is 2.03. The number of aromatic nitrogens is 2. The fourth-order valence-corrected chi connectivity index (χ4v) is 2.90. The standard InChI is InChI=1S/C15H20N2O2S/c1-5-19-11-9-7-6-8-10(11)12(18)13-14(15(2,3)4)16-17-20-13/h6-9,12,18H,5H2,1-4H3. The van der Waals surface area contributed by atoms with Crippen molar-refractivity contribution in [2.24, 2.45) is 0 Å². The molecular weight excluding hydrogens is 272 g/mol. The van der Waals surface area contributed by atoms with Crippen LogP contribution in [0.2, 0.25) is 0 Å². The summed E-state index contributed by atoms with van der Waals surface area (Å²) in [6, 6.07) is 7.54. The largest absolute Gasteiger partial charge is 0.493 e. The van der Waals surface area contributed by atoms with E-state index in [0.29, 0.717) is 12.4 Å². The third kappa shape index (κ3) is 2.99. The van der Waals surface area contributed by atoms with Crippen LogP contribution in [0.15, 0.2) is 24.3 Å². The van der Waals surface area contributed by atoms with Gasteiger partial charge < -0.3 is 9.84 Å². The molecule has 0 bridgehead atoms. The Morgan fingerprint density at radius 2 is 2.00 bits per heavy atom. The molecule has 1 N–H and O–H groups in total. The molecule has 0 aliphatic heterocycles. The lowest BCUT2D eigenvalue weighted by Crippen LogP contribution is -2.16. The number of hydrogen-bond donors (Lipinski definition) is 1. The van der Waals surface area contributed by atoms with Gasteiger partial charge in [-0.15, -0.1) is 5.10 Å². The summed E-state index contributed by atoms with van der Waals surface area (Å²) in [5, 5.41) is 14.9. The number of benzene rings is 1. The second kappa shape index (κ2) is 5.89. The Bertz CT molecular complexity index is 575. The molecule has 20 heavy (non-hydrogen) atoms. The van der Waals surface area contributed by atoms with E-state index in [2.05, 4.69) is 30.4 Å². The van der Waals surface area contributed by atoms with Gasteiger partial charge in [-0.2, -0.15) is 0 Å². The van der Waals surface area contributed by atoms with Crippen LogP contribution in [-0.2, 0) is 5.41 Å². The van der Waals surface area contributed by atoms with Crippen LogP contribution in [0.3, 0.4) is 0 Å². The van der Waals surface area contributed by atoms with Crippen molar-refractivity contribution in [3.05, 3.63) is 40.4 Å². The minimum Gasteiger partial charge on any atom is -0.493 e. The summed E-state index contributed by atoms with van der Waals surface area (Å²) < 4.78 is 9.59. The van der Waals surface area contributed by atoms with E-state index < -0.39 is 6.10 Å². The van der Waals surface area contributed by atoms with Gasteiger partial charge in [-0.05, 0) is 24.5 Å². The summed E-state index contributed by atoms with van der Waals surface area (Å²) in [4.78, 5) is 0.782. The summed E-state index contributed by atoms with van der Waals surface area (Å²) in [5.41, 5.74) is 1.44. The van der Waals surface area contributed by atoms with Gasteiger partial charge in [0, 0.05) is 11.0 Å². The predicted molar refractivity (Wildman–Crippen MR) is 80.3 cm³/mol. The average molecular weight is 292 g/mol. The highest BCUT2D eigenvalue weighted by Gasteiger charge is 2.28. The number of rotatable bonds is 4. The van der Waals surface area contributed by atoms with Crippen LogP contribution in [-0.4, -0.2) is 21.3 Å². The Balaban J connectivity index is 2.42. The van der Waals surface area contributed by atoms with Gasteiger partial charge in [0.1, 0.15) is 11.9 Å². The van der Waals surface area contributed by atoms with Crippen LogP contribution in [0, 0.1) is 0 Å². The number of aliphatic hydroxyl groups is 1. The van der Waals surface area contributed by atoms with Gasteiger partial charge in [-0.3, -0.25) is 0 Å². The van der Waals surface area contributed by atoms with Gasteiger partial charge in [0.2, 0.25) is 0 Å². The Hall–Kier alpha value is -1.46. The van der Waals surface area contributed by atoms with Crippen molar-refractivity contribution in [2.75, 3.05) is 6.61 Å². The summed E-state index contributed by atoms with van der Waals surface area (Å²) in [6.45, 7) is 8.69. The Morgan fingerprint density at radius 3 is 2.65 bits per heavy atom. The molecule has 0 radical (unpaired) electrons. The molecular formula is C15H20N2O2S. The molecule has 0 aliphatic carbocycles. The zero-order chi connectivity index (χ0) is 14.8. The average Bonchev–Trinajstić information content (AvgIpc) is 2.88. The minimum atomic E-state index is -0.757. The monoisotopic (exact) mass is 292 g/mol. The topological polar surface area (TPSA) is 55.2 Å². The van der Waals surface area contributed by atoms with Crippen molar-refractivity contribution >= 4 is 11.5 Å². The zero-order valence-corrected chi connectivity index (χ0v) is 13.1. The first-order valence-corrected chi connectivity index (χ1v) is 7.45. The number of nitrogens with zero attached hydrogens (tertiary/aromatic N) is 2. The Labute approximate surface area is 123 Å². The summed E-state index contributed by atoms with van der Waals surface area (Å²) in [6.07, 6.45) is -0.757. The quantitative estimate of drug-likeness (QED) is 0.939. The van der Waals surface area contributed by atoms with E-state index in [1.54, 1.807) is 0 Å². The fraction of sp³-hybridized carbons (Fsp3) is 0.467. The smallest absolute Gasteiger partial charge is 0.125 e. The van der Waals surface area contributed by atoms with Crippen LogP contribution >= 0.6 is 11.5 Å². The van der Waals surface area contributed by atoms with Gasteiger partial charge in [0.25, 0.3) is 0 Å². The number of ether oxygens (including phenoxy) is 1. The van der Waals surface area contributed by atoms with E-state index in [4.69, 9.17) is 4.74 Å². The van der Waals surface area contributed by atoms with Gasteiger partial charge in [0.05, 0.1) is 17.2 Å². The molecule has 2 rings (SSSR count). The van der Waals surface area contributed by atoms with Crippen LogP contribution in [0.5, 0.6) is 5.75 Å². The predicted octanol–water partition coefficient (Wildman–Crippen LogP) is 3.32. The number of aliphatic hydroxyl groups excluding tert-OH is 1. The molecule has 2 aromatic rings. The third-order valence-electron chi connectivity index (χ3n) is 2.99. The van der Waals surface area contributed by atoms with Crippen LogP contribution in [0.1, 0.15) is 49.9 Å². The van der Waals surface area contributed by atoms with Crippen molar-refractivity contribution in [3.63, 3.8) is 0 Å². The van der Waals surface area contributed by atoms with Gasteiger partial charge in [0.15, 0.2) is 0 Å². The molecule has 1 unspecified atom stereocenters. The lowest BCUT2D eigenvalue weighted by molar-refractivity contribution is 0.212. The SMILES string of the molecule is CCOc1ccccc1C(O)c1snnc1C(C)(C)C. The van der Waals surface area contributed by atoms with Gasteiger partial charge in [-0.25, -0.2) is 0 Å². The van der Waals surface area contributed by atoms with E-state index in [-0.39, 0.29) is 5.41 Å². The highest BCUT2D eigenvalue weighted by Crippen LogP contribution is 2.36. The molecule has 4 nitrogen and oxygen atoms in total. The van der Waals surface area contributed by atoms with Crippen molar-refractivity contribution < 1.29 is 9.84 Å². The van der Waals surface area contributed by atoms with Crippen LogP contribution in [0.25, 0.3) is 0 Å². The van der Waals surface area contributed by atoms with Gasteiger partial charge in [-0.1, -0.05) is 43.5 Å². The van der Waals surface area contributed by atoms with Crippen molar-refractivity contribution in [1.82, 2.24) is 9.59 Å². The van der Waals surface area contributed by atoms with E-state index in [1.807, 2.05) is 31.2 Å². The molecule has 0 spiro atoms. The maximum Gasteiger partial charge on any atom is 0.125 e. The van der Waals surface area contributed by atoms with Crippen molar-refractivity contribution in [2.45, 2.75) is 39.2 Å². The van der Waals surface area contributed by atoms with Gasteiger partial charge >= 0.3 is 0 Å². The lowest BCUT2D eigenvalue weighted by Gasteiger charge is -2.20. The van der Waals surface area contributed by atoms with E-state index in [0.717, 1.165) is 16.1 Å². The molecule has 1 aromatic heterocycles. The first kappa shape index (κ1) is 14.9. The summed E-state index contributed by atoms with van der Waals surface area (Å²) in [7, 11) is 0. The zero-order valence-electron chi connectivity index (χ0n) is 12.3. The Kier molecular flexibility index (Phi) is 4.40. The molecule has 1 atom stereocenters. The second-order valence-corrected chi connectivity index (χ2v) is 6.39. The lowest BCUT2D eigenvalue weighted by atomic mass is 9.89. The van der Waals surface area contributed by atoms with E-state index in [9.17, 15) is 5.11 Å². The van der Waals surface area contributed by atoms with Crippen LogP contribution < -0.4 is 4.74 Å². The molecule has 1 aromatic carbocycles. The molecule has 5 heteroatoms. The minimum absolute atomic E-state index is 0.149. The van der Waals surface area contributed by atoms with E-state index in [1.165, 1.54) is 11.5 Å².